The second-order valence-electron chi connectivity index (χ2n) is 6.85. The van der Waals surface area contributed by atoms with Crippen molar-refractivity contribution in [3.05, 3.63) is 53.6 Å². The van der Waals surface area contributed by atoms with Crippen molar-refractivity contribution < 1.29 is 23.8 Å². The van der Waals surface area contributed by atoms with Crippen LogP contribution in [0.3, 0.4) is 0 Å². The Morgan fingerprint density at radius 3 is 2.33 bits per heavy atom. The van der Waals surface area contributed by atoms with E-state index in [4.69, 9.17) is 14.2 Å². The number of hydrogen-bond acceptors (Lipinski definition) is 5. The number of methoxy groups -OCH3 is 3. The quantitative estimate of drug-likeness (QED) is 0.647. The largest absolute Gasteiger partial charge is 0.497 e. The standard InChI is InChI=1S/C23H30N2O5/c1-16(23(27)24-2)25(15-18-7-6-8-19(13-18)28-3)22(26)12-10-17-9-11-20(29-4)21(14-17)30-5/h6-9,11,13-14,16H,10,12,15H2,1-5H3,(H,24,27). The van der Waals surface area contributed by atoms with Gasteiger partial charge in [-0.2, -0.15) is 0 Å². The molecule has 0 aromatic heterocycles. The van der Waals surface area contributed by atoms with E-state index in [1.165, 1.54) is 0 Å². The highest BCUT2D eigenvalue weighted by Crippen LogP contribution is 2.28. The van der Waals surface area contributed by atoms with Gasteiger partial charge in [0.25, 0.3) is 0 Å². The maximum Gasteiger partial charge on any atom is 0.242 e. The molecule has 0 spiro atoms. The van der Waals surface area contributed by atoms with Gasteiger partial charge in [-0.15, -0.1) is 0 Å². The maximum atomic E-state index is 13.1. The zero-order valence-corrected chi connectivity index (χ0v) is 18.2. The highest BCUT2D eigenvalue weighted by Gasteiger charge is 2.25. The minimum Gasteiger partial charge on any atom is -0.497 e. The Hall–Kier alpha value is -3.22. The summed E-state index contributed by atoms with van der Waals surface area (Å²) in [6, 6.07) is 12.5. The second kappa shape index (κ2) is 11.1. The molecule has 1 unspecified atom stereocenters. The van der Waals surface area contributed by atoms with Crippen molar-refractivity contribution >= 4 is 11.8 Å². The van der Waals surface area contributed by atoms with Crippen molar-refractivity contribution in [2.45, 2.75) is 32.4 Å². The highest BCUT2D eigenvalue weighted by molar-refractivity contribution is 5.87. The smallest absolute Gasteiger partial charge is 0.242 e. The van der Waals surface area contributed by atoms with Gasteiger partial charge in [0.15, 0.2) is 11.5 Å². The molecule has 30 heavy (non-hydrogen) atoms. The van der Waals surface area contributed by atoms with Crippen LogP contribution in [0.15, 0.2) is 42.5 Å². The molecular formula is C23H30N2O5. The number of rotatable bonds is 10. The third kappa shape index (κ3) is 5.89. The number of carbonyl (C=O) groups excluding carboxylic acids is 2. The summed E-state index contributed by atoms with van der Waals surface area (Å²) in [5.41, 5.74) is 1.85. The average Bonchev–Trinajstić information content (AvgIpc) is 2.79. The molecule has 0 aliphatic carbocycles. The van der Waals surface area contributed by atoms with Gasteiger partial charge in [-0.1, -0.05) is 18.2 Å². The van der Waals surface area contributed by atoms with E-state index in [-0.39, 0.29) is 18.2 Å². The van der Waals surface area contributed by atoms with Crippen LogP contribution in [0, 0.1) is 0 Å². The molecule has 1 N–H and O–H groups in total. The molecule has 7 heteroatoms. The lowest BCUT2D eigenvalue weighted by Crippen LogP contribution is -2.46. The van der Waals surface area contributed by atoms with Crippen LogP contribution in [0.5, 0.6) is 17.2 Å². The van der Waals surface area contributed by atoms with E-state index in [1.54, 1.807) is 40.2 Å². The first kappa shape index (κ1) is 23.1. The maximum absolute atomic E-state index is 13.1. The second-order valence-corrected chi connectivity index (χ2v) is 6.85. The van der Waals surface area contributed by atoms with E-state index >= 15 is 0 Å². The molecule has 2 aromatic carbocycles. The Balaban J connectivity index is 2.16. The van der Waals surface area contributed by atoms with Gasteiger partial charge in [0.05, 0.1) is 21.3 Å². The van der Waals surface area contributed by atoms with Gasteiger partial charge in [-0.05, 0) is 48.7 Å². The van der Waals surface area contributed by atoms with Crippen LogP contribution in [0.1, 0.15) is 24.5 Å². The lowest BCUT2D eigenvalue weighted by molar-refractivity contribution is -0.140. The third-order valence-electron chi connectivity index (χ3n) is 4.98. The lowest BCUT2D eigenvalue weighted by atomic mass is 10.1. The van der Waals surface area contributed by atoms with E-state index < -0.39 is 6.04 Å². The van der Waals surface area contributed by atoms with Gasteiger partial charge >= 0.3 is 0 Å². The Morgan fingerprint density at radius 2 is 1.70 bits per heavy atom. The van der Waals surface area contributed by atoms with Crippen LogP contribution in [0.2, 0.25) is 0 Å². The van der Waals surface area contributed by atoms with Gasteiger partial charge in [0.1, 0.15) is 11.8 Å². The molecule has 0 aliphatic heterocycles. The van der Waals surface area contributed by atoms with Crippen LogP contribution >= 0.6 is 0 Å². The highest BCUT2D eigenvalue weighted by atomic mass is 16.5. The molecule has 2 rings (SSSR count). The van der Waals surface area contributed by atoms with Gasteiger partial charge in [0.2, 0.25) is 11.8 Å². The number of nitrogens with one attached hydrogen (secondary N) is 1. The zero-order valence-electron chi connectivity index (χ0n) is 18.2. The Kier molecular flexibility index (Phi) is 8.53. The molecule has 7 nitrogen and oxygen atoms in total. The predicted octanol–water partition coefficient (Wildman–Crippen LogP) is 2.81. The van der Waals surface area contributed by atoms with Gasteiger partial charge in [-0.25, -0.2) is 0 Å². The van der Waals surface area contributed by atoms with Crippen LogP contribution in [0.4, 0.5) is 0 Å². The number of aryl methyl sites for hydroxylation is 1. The number of hydrogen-bond donors (Lipinski definition) is 1. The Bertz CT molecular complexity index is 868. The molecule has 162 valence electrons. The van der Waals surface area contributed by atoms with Crippen LogP contribution in [0.25, 0.3) is 0 Å². The van der Waals surface area contributed by atoms with Crippen LogP contribution < -0.4 is 19.5 Å². The first-order chi connectivity index (χ1) is 14.4. The fraction of sp³-hybridized carbons (Fsp3) is 0.391. The van der Waals surface area contributed by atoms with Crippen LogP contribution in [-0.2, 0) is 22.6 Å². The van der Waals surface area contributed by atoms with Gasteiger partial charge in [-0.3, -0.25) is 9.59 Å². The third-order valence-corrected chi connectivity index (χ3v) is 4.98. The minimum absolute atomic E-state index is 0.108. The summed E-state index contributed by atoms with van der Waals surface area (Å²) in [6.45, 7) is 2.05. The predicted molar refractivity (Wildman–Crippen MR) is 115 cm³/mol. The van der Waals surface area contributed by atoms with Crippen molar-refractivity contribution in [3.8, 4) is 17.2 Å². The molecule has 1 atom stereocenters. The summed E-state index contributed by atoms with van der Waals surface area (Å²) in [5, 5.41) is 2.62. The summed E-state index contributed by atoms with van der Waals surface area (Å²) in [4.78, 5) is 26.9. The lowest BCUT2D eigenvalue weighted by Gasteiger charge is -2.28. The summed E-state index contributed by atoms with van der Waals surface area (Å²) < 4.78 is 15.9. The molecule has 2 amide bonds. The zero-order chi connectivity index (χ0) is 22.1. The fourth-order valence-electron chi connectivity index (χ4n) is 3.19. The molecule has 2 aromatic rings. The van der Waals surface area contributed by atoms with Crippen molar-refractivity contribution in [3.63, 3.8) is 0 Å². The van der Waals surface area contributed by atoms with E-state index in [2.05, 4.69) is 5.32 Å². The van der Waals surface area contributed by atoms with E-state index in [0.29, 0.717) is 30.2 Å². The van der Waals surface area contributed by atoms with Crippen molar-refractivity contribution in [2.75, 3.05) is 28.4 Å². The van der Waals surface area contributed by atoms with Crippen molar-refractivity contribution in [1.29, 1.82) is 0 Å². The number of benzene rings is 2. The normalized spacial score (nSPS) is 11.4. The SMILES string of the molecule is CNC(=O)C(C)N(Cc1cccc(OC)c1)C(=O)CCc1ccc(OC)c(OC)c1. The first-order valence-electron chi connectivity index (χ1n) is 9.78. The molecule has 0 radical (unpaired) electrons. The summed E-state index contributed by atoms with van der Waals surface area (Å²) in [6.07, 6.45) is 0.787. The number of ether oxygens (including phenoxy) is 3. The fourth-order valence-corrected chi connectivity index (χ4v) is 3.19. The van der Waals surface area contributed by atoms with Crippen molar-refractivity contribution in [1.82, 2.24) is 10.2 Å². The number of carbonyl (C=O) groups is 2. The summed E-state index contributed by atoms with van der Waals surface area (Å²) in [7, 11) is 6.32. The monoisotopic (exact) mass is 414 g/mol. The van der Waals surface area contributed by atoms with E-state index in [0.717, 1.165) is 11.1 Å². The van der Waals surface area contributed by atoms with Crippen LogP contribution in [-0.4, -0.2) is 51.1 Å². The summed E-state index contributed by atoms with van der Waals surface area (Å²) in [5.74, 6) is 1.65. The summed E-state index contributed by atoms with van der Waals surface area (Å²) >= 11 is 0. The van der Waals surface area contributed by atoms with Gasteiger partial charge in [0, 0.05) is 20.0 Å². The molecule has 0 saturated heterocycles. The average molecular weight is 415 g/mol. The van der Waals surface area contributed by atoms with E-state index in [1.807, 2.05) is 42.5 Å². The van der Waals surface area contributed by atoms with E-state index in [9.17, 15) is 9.59 Å². The number of amides is 2. The Morgan fingerprint density at radius 1 is 0.967 bits per heavy atom. The molecular weight excluding hydrogens is 384 g/mol. The molecule has 0 fully saturated rings. The molecule has 0 aliphatic rings. The Labute approximate surface area is 177 Å². The number of nitrogens with zero attached hydrogens (tertiary/aromatic N) is 1. The van der Waals surface area contributed by atoms with Crippen molar-refractivity contribution in [2.24, 2.45) is 0 Å². The van der Waals surface area contributed by atoms with Gasteiger partial charge < -0.3 is 24.4 Å². The topological polar surface area (TPSA) is 77.1 Å². The first-order valence-corrected chi connectivity index (χ1v) is 9.78. The number of likely N-dealkylation sites (N-methyl/N-ethyl adjacent to an activating group) is 1. The minimum atomic E-state index is -0.598. The molecule has 0 saturated carbocycles. The molecule has 0 bridgehead atoms. The molecule has 0 heterocycles.